The van der Waals surface area contributed by atoms with Crippen LogP contribution in [0.25, 0.3) is 10.9 Å². The van der Waals surface area contributed by atoms with Gasteiger partial charge in [-0.15, -0.1) is 0 Å². The highest BCUT2D eigenvalue weighted by Gasteiger charge is 2.26. The maximum absolute atomic E-state index is 12.5. The molecule has 1 heterocycles. The Bertz CT molecular complexity index is 677. The van der Waals surface area contributed by atoms with Crippen molar-refractivity contribution in [1.82, 2.24) is 10.3 Å². The van der Waals surface area contributed by atoms with Crippen molar-refractivity contribution >= 4 is 16.8 Å². The number of hydrogen-bond donors (Lipinski definition) is 2. The fraction of sp³-hybridized carbons (Fsp3) is 0.412. The van der Waals surface area contributed by atoms with E-state index in [0.29, 0.717) is 19.0 Å². The molecule has 0 unspecified atom stereocenters. The molecule has 0 aliphatic heterocycles. The number of carbonyl (C=O) groups excluding carboxylic acids is 1. The van der Waals surface area contributed by atoms with Gasteiger partial charge in [0.15, 0.2) is 0 Å². The monoisotopic (exact) mass is 283 g/mol. The van der Waals surface area contributed by atoms with Gasteiger partial charge in [-0.2, -0.15) is 0 Å². The maximum Gasteiger partial charge on any atom is 0.252 e. The second-order valence-electron chi connectivity index (χ2n) is 5.79. The lowest BCUT2D eigenvalue weighted by Crippen LogP contribution is -2.26. The topological polar surface area (TPSA) is 68.0 Å². The number of hydrogen-bond acceptors (Lipinski definition) is 3. The van der Waals surface area contributed by atoms with E-state index < -0.39 is 0 Å². The van der Waals surface area contributed by atoms with E-state index in [1.165, 1.54) is 12.8 Å². The minimum Gasteiger partial charge on any atom is -0.352 e. The second-order valence-corrected chi connectivity index (χ2v) is 5.79. The van der Waals surface area contributed by atoms with Crippen LogP contribution in [0.2, 0.25) is 0 Å². The zero-order valence-corrected chi connectivity index (χ0v) is 12.4. The summed E-state index contributed by atoms with van der Waals surface area (Å²) in [6.45, 7) is 3.23. The summed E-state index contributed by atoms with van der Waals surface area (Å²) in [4.78, 5) is 17.2. The standard InChI is InChI=1S/C17H21N3O/c1-11-3-6-15-13(9-11)14(17(21)19-8-2-7-18)10-16(20-15)12-4-5-12/h3,6,9-10,12H,2,4-5,7-8,18H2,1H3,(H,19,21). The number of nitrogens with zero attached hydrogens (tertiary/aromatic N) is 1. The van der Waals surface area contributed by atoms with E-state index in [1.807, 2.05) is 31.2 Å². The fourth-order valence-electron chi connectivity index (χ4n) is 2.54. The molecule has 4 nitrogen and oxygen atoms in total. The Labute approximate surface area is 124 Å². The number of nitrogens with two attached hydrogens (primary N) is 1. The van der Waals surface area contributed by atoms with Gasteiger partial charge in [-0.3, -0.25) is 9.78 Å². The molecule has 1 aliphatic rings. The quantitative estimate of drug-likeness (QED) is 0.828. The van der Waals surface area contributed by atoms with Gasteiger partial charge in [-0.1, -0.05) is 11.6 Å². The first-order valence-corrected chi connectivity index (χ1v) is 7.58. The van der Waals surface area contributed by atoms with Crippen molar-refractivity contribution in [3.05, 3.63) is 41.1 Å². The van der Waals surface area contributed by atoms with Crippen LogP contribution < -0.4 is 11.1 Å². The van der Waals surface area contributed by atoms with Crippen molar-refractivity contribution in [1.29, 1.82) is 0 Å². The summed E-state index contributed by atoms with van der Waals surface area (Å²) in [5, 5.41) is 3.89. The Hall–Kier alpha value is -1.94. The predicted octanol–water partition coefficient (Wildman–Crippen LogP) is 2.50. The number of benzene rings is 1. The van der Waals surface area contributed by atoms with E-state index in [4.69, 9.17) is 10.7 Å². The zero-order chi connectivity index (χ0) is 14.8. The Morgan fingerprint density at radius 2 is 2.19 bits per heavy atom. The average molecular weight is 283 g/mol. The average Bonchev–Trinajstić information content (AvgIpc) is 3.31. The lowest BCUT2D eigenvalue weighted by Gasteiger charge is -2.10. The van der Waals surface area contributed by atoms with Crippen LogP contribution in [0.5, 0.6) is 0 Å². The molecule has 0 bridgehead atoms. The van der Waals surface area contributed by atoms with Crippen LogP contribution in [0.15, 0.2) is 24.3 Å². The molecule has 0 radical (unpaired) electrons. The molecule has 0 atom stereocenters. The number of carbonyl (C=O) groups is 1. The van der Waals surface area contributed by atoms with Gasteiger partial charge in [-0.05, 0) is 50.9 Å². The predicted molar refractivity (Wildman–Crippen MR) is 84.5 cm³/mol. The zero-order valence-electron chi connectivity index (χ0n) is 12.4. The third-order valence-corrected chi connectivity index (χ3v) is 3.89. The molecular formula is C17H21N3O. The third-order valence-electron chi connectivity index (χ3n) is 3.89. The van der Waals surface area contributed by atoms with Gasteiger partial charge in [0.05, 0.1) is 11.1 Å². The lowest BCUT2D eigenvalue weighted by molar-refractivity contribution is 0.0955. The number of amides is 1. The Morgan fingerprint density at radius 3 is 2.90 bits per heavy atom. The summed E-state index contributed by atoms with van der Waals surface area (Å²) >= 11 is 0. The van der Waals surface area contributed by atoms with Crippen LogP contribution in [0, 0.1) is 6.92 Å². The first kappa shape index (κ1) is 14.0. The highest BCUT2D eigenvalue weighted by molar-refractivity contribution is 6.06. The first-order valence-electron chi connectivity index (χ1n) is 7.58. The normalized spacial score (nSPS) is 14.4. The molecule has 1 aliphatic carbocycles. The minimum absolute atomic E-state index is 0.0247. The maximum atomic E-state index is 12.5. The Kier molecular flexibility index (Phi) is 3.88. The van der Waals surface area contributed by atoms with Crippen molar-refractivity contribution in [3.8, 4) is 0 Å². The molecule has 2 aromatic rings. The lowest BCUT2D eigenvalue weighted by atomic mass is 10.0. The molecule has 3 N–H and O–H groups in total. The molecule has 1 aromatic carbocycles. The van der Waals surface area contributed by atoms with Crippen LogP contribution >= 0.6 is 0 Å². The number of aromatic nitrogens is 1. The number of fused-ring (bicyclic) bond motifs is 1. The number of pyridine rings is 1. The molecule has 21 heavy (non-hydrogen) atoms. The molecule has 4 heteroatoms. The van der Waals surface area contributed by atoms with Gasteiger partial charge in [-0.25, -0.2) is 0 Å². The van der Waals surface area contributed by atoms with Crippen molar-refractivity contribution in [2.45, 2.75) is 32.1 Å². The van der Waals surface area contributed by atoms with Crippen LogP contribution in [0.4, 0.5) is 0 Å². The van der Waals surface area contributed by atoms with E-state index in [-0.39, 0.29) is 5.91 Å². The fourth-order valence-corrected chi connectivity index (χ4v) is 2.54. The van der Waals surface area contributed by atoms with E-state index in [2.05, 4.69) is 5.32 Å². The summed E-state index contributed by atoms with van der Waals surface area (Å²) < 4.78 is 0. The van der Waals surface area contributed by atoms with E-state index >= 15 is 0 Å². The summed E-state index contributed by atoms with van der Waals surface area (Å²) in [6.07, 6.45) is 3.15. The highest BCUT2D eigenvalue weighted by Crippen LogP contribution is 2.40. The van der Waals surface area contributed by atoms with Crippen molar-refractivity contribution in [2.75, 3.05) is 13.1 Å². The Balaban J connectivity index is 2.00. The van der Waals surface area contributed by atoms with Gasteiger partial charge < -0.3 is 11.1 Å². The molecule has 3 rings (SSSR count). The van der Waals surface area contributed by atoms with Gasteiger partial charge in [0, 0.05) is 23.5 Å². The molecular weight excluding hydrogens is 262 g/mol. The molecule has 1 aromatic heterocycles. The third kappa shape index (κ3) is 3.05. The largest absolute Gasteiger partial charge is 0.352 e. The summed E-state index contributed by atoms with van der Waals surface area (Å²) in [7, 11) is 0. The van der Waals surface area contributed by atoms with Gasteiger partial charge in [0.2, 0.25) is 0 Å². The smallest absolute Gasteiger partial charge is 0.252 e. The molecule has 1 amide bonds. The molecule has 1 fully saturated rings. The number of aryl methyl sites for hydroxylation is 1. The summed E-state index contributed by atoms with van der Waals surface area (Å²) in [6, 6.07) is 8.06. The highest BCUT2D eigenvalue weighted by atomic mass is 16.1. The van der Waals surface area contributed by atoms with Gasteiger partial charge in [0.25, 0.3) is 5.91 Å². The van der Waals surface area contributed by atoms with Crippen LogP contribution in [-0.2, 0) is 0 Å². The van der Waals surface area contributed by atoms with Crippen LogP contribution in [-0.4, -0.2) is 24.0 Å². The van der Waals surface area contributed by atoms with Crippen molar-refractivity contribution in [2.24, 2.45) is 5.73 Å². The van der Waals surface area contributed by atoms with E-state index in [0.717, 1.165) is 34.1 Å². The van der Waals surface area contributed by atoms with Crippen LogP contribution in [0.3, 0.4) is 0 Å². The van der Waals surface area contributed by atoms with E-state index in [1.54, 1.807) is 0 Å². The number of nitrogens with one attached hydrogen (secondary N) is 1. The molecule has 1 saturated carbocycles. The molecule has 0 spiro atoms. The first-order chi connectivity index (χ1) is 10.2. The molecule has 110 valence electrons. The second kappa shape index (κ2) is 5.82. The molecule has 0 saturated heterocycles. The summed E-state index contributed by atoms with van der Waals surface area (Å²) in [5.41, 5.74) is 9.31. The number of rotatable bonds is 5. The van der Waals surface area contributed by atoms with Gasteiger partial charge in [0.1, 0.15) is 0 Å². The Morgan fingerprint density at radius 1 is 1.38 bits per heavy atom. The van der Waals surface area contributed by atoms with Crippen molar-refractivity contribution < 1.29 is 4.79 Å². The summed E-state index contributed by atoms with van der Waals surface area (Å²) in [5.74, 6) is 0.509. The van der Waals surface area contributed by atoms with Crippen LogP contribution in [0.1, 0.15) is 46.8 Å². The van der Waals surface area contributed by atoms with Gasteiger partial charge >= 0.3 is 0 Å². The van der Waals surface area contributed by atoms with E-state index in [9.17, 15) is 4.79 Å². The van der Waals surface area contributed by atoms with Crippen molar-refractivity contribution in [3.63, 3.8) is 0 Å². The SMILES string of the molecule is Cc1ccc2nc(C3CC3)cc(C(=O)NCCCN)c2c1. The minimum atomic E-state index is -0.0247.